The number of hydrogen-bond donors (Lipinski definition) is 4. The van der Waals surface area contributed by atoms with Crippen LogP contribution in [0.4, 0.5) is 5.69 Å². The van der Waals surface area contributed by atoms with E-state index < -0.39 is 18.2 Å². The van der Waals surface area contributed by atoms with Crippen molar-refractivity contribution in [1.29, 1.82) is 5.41 Å². The molecule has 0 saturated carbocycles. The Kier molecular flexibility index (Phi) is 6.91. The predicted molar refractivity (Wildman–Crippen MR) is 89.6 cm³/mol. The van der Waals surface area contributed by atoms with Gasteiger partial charge in [0.2, 0.25) is 6.41 Å². The number of rotatable bonds is 9. The number of amides is 1. The van der Waals surface area contributed by atoms with E-state index in [2.05, 4.69) is 5.32 Å². The molecule has 8 nitrogen and oxygen atoms in total. The molecule has 0 radical (unpaired) electrons. The summed E-state index contributed by atoms with van der Waals surface area (Å²) in [6.45, 7) is 0.228. The normalized spacial score (nSPS) is 22.8. The largest absolute Gasteiger partial charge is 0.479 e. The lowest BCUT2D eigenvalue weighted by atomic mass is 9.94. The Morgan fingerprint density at radius 3 is 2.88 bits per heavy atom. The Morgan fingerprint density at radius 2 is 2.20 bits per heavy atom. The van der Waals surface area contributed by atoms with Crippen molar-refractivity contribution >= 4 is 24.5 Å². The van der Waals surface area contributed by atoms with Gasteiger partial charge in [-0.1, -0.05) is 6.07 Å². The lowest BCUT2D eigenvalue weighted by Crippen LogP contribution is -2.40. The first-order valence-electron chi connectivity index (χ1n) is 8.02. The number of carbonyl (C=O) groups excluding carboxylic acids is 1. The Balaban J connectivity index is 2.06. The molecule has 1 aromatic rings. The molecule has 3 atom stereocenters. The van der Waals surface area contributed by atoms with E-state index in [9.17, 15) is 14.7 Å². The summed E-state index contributed by atoms with van der Waals surface area (Å²) in [5.41, 5.74) is 2.41. The standard InChI is InChI=1S/C17H22N2O6/c18-9-24-8-12-1-3-13(19-10-20)5-11(12)2-4-15-6-14(21)7-16(25-15)17(22)23/h1,3,5,9-10,14-16,18,21H,2,4,6-8H2,(H,19,20)(H,22,23). The lowest BCUT2D eigenvalue weighted by molar-refractivity contribution is -0.166. The van der Waals surface area contributed by atoms with E-state index in [1.165, 1.54) is 0 Å². The fraction of sp³-hybridized carbons (Fsp3) is 0.471. The molecule has 1 amide bonds. The third-order valence-electron chi connectivity index (χ3n) is 4.14. The summed E-state index contributed by atoms with van der Waals surface area (Å²) in [6, 6.07) is 5.36. The third-order valence-corrected chi connectivity index (χ3v) is 4.14. The van der Waals surface area contributed by atoms with Gasteiger partial charge in [-0.05, 0) is 42.5 Å². The molecule has 1 aliphatic rings. The van der Waals surface area contributed by atoms with Crippen molar-refractivity contribution in [1.82, 2.24) is 0 Å². The minimum atomic E-state index is -1.07. The van der Waals surface area contributed by atoms with Gasteiger partial charge in [-0.2, -0.15) is 0 Å². The number of anilines is 1. The number of aliphatic hydroxyl groups is 1. The zero-order chi connectivity index (χ0) is 18.2. The molecule has 25 heavy (non-hydrogen) atoms. The second-order valence-electron chi connectivity index (χ2n) is 5.92. The van der Waals surface area contributed by atoms with E-state index in [1.807, 2.05) is 6.07 Å². The van der Waals surface area contributed by atoms with Crippen molar-refractivity contribution in [3.05, 3.63) is 29.3 Å². The van der Waals surface area contributed by atoms with Crippen LogP contribution in [0.25, 0.3) is 0 Å². The van der Waals surface area contributed by atoms with Gasteiger partial charge in [0.15, 0.2) is 12.5 Å². The fourth-order valence-electron chi connectivity index (χ4n) is 2.94. The van der Waals surface area contributed by atoms with Crippen molar-refractivity contribution < 1.29 is 29.3 Å². The molecule has 1 aliphatic heterocycles. The molecule has 1 fully saturated rings. The van der Waals surface area contributed by atoms with Gasteiger partial charge in [0.1, 0.15) is 6.61 Å². The van der Waals surface area contributed by atoms with Gasteiger partial charge in [-0.25, -0.2) is 4.79 Å². The Hall–Kier alpha value is -2.45. The molecule has 0 aliphatic carbocycles. The molecule has 2 rings (SSSR count). The van der Waals surface area contributed by atoms with Crippen molar-refractivity contribution in [2.24, 2.45) is 0 Å². The number of benzene rings is 1. The first kappa shape index (κ1) is 18.9. The molecule has 0 bridgehead atoms. The maximum atomic E-state index is 11.1. The second kappa shape index (κ2) is 9.14. The van der Waals surface area contributed by atoms with Crippen molar-refractivity contribution in [2.75, 3.05) is 5.32 Å². The number of carboxylic acid groups (broad SMARTS) is 1. The van der Waals surface area contributed by atoms with Crippen LogP contribution in [-0.4, -0.2) is 47.3 Å². The van der Waals surface area contributed by atoms with Crippen LogP contribution in [-0.2, 0) is 32.1 Å². The monoisotopic (exact) mass is 350 g/mol. The summed E-state index contributed by atoms with van der Waals surface area (Å²) >= 11 is 0. The first-order valence-corrected chi connectivity index (χ1v) is 8.02. The summed E-state index contributed by atoms with van der Waals surface area (Å²) < 4.78 is 10.6. The van der Waals surface area contributed by atoms with Crippen LogP contribution in [0.2, 0.25) is 0 Å². The van der Waals surface area contributed by atoms with Crippen molar-refractivity contribution in [3.63, 3.8) is 0 Å². The Bertz CT molecular complexity index is 621. The topological polar surface area (TPSA) is 129 Å². The highest BCUT2D eigenvalue weighted by molar-refractivity contribution is 5.72. The number of nitrogens with one attached hydrogen (secondary N) is 2. The number of ether oxygens (including phenoxy) is 2. The molecule has 136 valence electrons. The van der Waals surface area contributed by atoms with Crippen molar-refractivity contribution in [2.45, 2.75) is 50.6 Å². The van der Waals surface area contributed by atoms with Crippen LogP contribution < -0.4 is 5.32 Å². The molecule has 1 saturated heterocycles. The zero-order valence-corrected chi connectivity index (χ0v) is 13.7. The number of carbonyl (C=O) groups is 2. The van der Waals surface area contributed by atoms with E-state index >= 15 is 0 Å². The van der Waals surface area contributed by atoms with Crippen LogP contribution in [0, 0.1) is 5.41 Å². The van der Waals surface area contributed by atoms with Gasteiger partial charge < -0.3 is 25.0 Å². The van der Waals surface area contributed by atoms with Gasteiger partial charge >= 0.3 is 5.97 Å². The minimum absolute atomic E-state index is 0.100. The number of aliphatic hydroxyl groups excluding tert-OH is 1. The van der Waals surface area contributed by atoms with E-state index in [0.717, 1.165) is 17.5 Å². The lowest BCUT2D eigenvalue weighted by Gasteiger charge is -2.31. The maximum Gasteiger partial charge on any atom is 0.332 e. The van der Waals surface area contributed by atoms with E-state index in [4.69, 9.17) is 20.0 Å². The van der Waals surface area contributed by atoms with Crippen LogP contribution in [0.5, 0.6) is 0 Å². The summed E-state index contributed by atoms with van der Waals surface area (Å²) in [7, 11) is 0. The molecule has 0 aromatic heterocycles. The minimum Gasteiger partial charge on any atom is -0.479 e. The fourth-order valence-corrected chi connectivity index (χ4v) is 2.94. The Morgan fingerprint density at radius 1 is 1.40 bits per heavy atom. The molecule has 3 unspecified atom stereocenters. The maximum absolute atomic E-state index is 11.1. The molecule has 4 N–H and O–H groups in total. The highest BCUT2D eigenvalue weighted by Crippen LogP contribution is 2.25. The molecule has 0 spiro atoms. The molecular weight excluding hydrogens is 328 g/mol. The zero-order valence-electron chi connectivity index (χ0n) is 13.7. The summed E-state index contributed by atoms with van der Waals surface area (Å²) in [4.78, 5) is 21.7. The van der Waals surface area contributed by atoms with Gasteiger partial charge in [0, 0.05) is 12.1 Å². The molecule has 8 heteroatoms. The van der Waals surface area contributed by atoms with Crippen LogP contribution in [0.15, 0.2) is 18.2 Å². The highest BCUT2D eigenvalue weighted by atomic mass is 16.5. The molecular formula is C17H22N2O6. The number of aryl methyl sites for hydroxylation is 1. The van der Waals surface area contributed by atoms with Crippen LogP contribution >= 0.6 is 0 Å². The van der Waals surface area contributed by atoms with Crippen LogP contribution in [0.1, 0.15) is 30.4 Å². The average molecular weight is 350 g/mol. The van der Waals surface area contributed by atoms with Gasteiger partial charge in [-0.3, -0.25) is 10.2 Å². The first-order chi connectivity index (χ1) is 12.0. The smallest absolute Gasteiger partial charge is 0.332 e. The quantitative estimate of drug-likeness (QED) is 0.302. The van der Waals surface area contributed by atoms with Crippen molar-refractivity contribution in [3.8, 4) is 0 Å². The number of carboxylic acids is 1. The summed E-state index contributed by atoms with van der Waals surface area (Å²) in [5, 5.41) is 28.5. The molecule has 1 heterocycles. The van der Waals surface area contributed by atoms with Gasteiger partial charge in [0.25, 0.3) is 0 Å². The predicted octanol–water partition coefficient (Wildman–Crippen LogP) is 1.30. The highest BCUT2D eigenvalue weighted by Gasteiger charge is 2.32. The summed E-state index contributed by atoms with van der Waals surface area (Å²) in [5.74, 6) is -1.07. The SMILES string of the molecule is N=COCc1ccc(NC=O)cc1CCC1CC(O)CC(C(=O)O)O1. The summed E-state index contributed by atoms with van der Waals surface area (Å²) in [6.07, 6.45) is 0.998. The van der Waals surface area contributed by atoms with E-state index in [-0.39, 0.29) is 19.1 Å². The van der Waals surface area contributed by atoms with Gasteiger partial charge in [0.05, 0.1) is 12.2 Å². The van der Waals surface area contributed by atoms with E-state index in [0.29, 0.717) is 31.4 Å². The number of aliphatic carboxylic acids is 1. The second-order valence-corrected chi connectivity index (χ2v) is 5.92. The average Bonchev–Trinajstić information content (AvgIpc) is 2.59. The number of hydrogen-bond acceptors (Lipinski definition) is 6. The van der Waals surface area contributed by atoms with Gasteiger partial charge in [-0.15, -0.1) is 0 Å². The van der Waals surface area contributed by atoms with E-state index in [1.54, 1.807) is 12.1 Å². The third kappa shape index (κ3) is 5.54. The Labute approximate surface area is 145 Å². The van der Waals surface area contributed by atoms with Crippen LogP contribution in [0.3, 0.4) is 0 Å². The molecule has 1 aromatic carbocycles.